The highest BCUT2D eigenvalue weighted by atomic mass is 32.2. The van der Waals surface area contributed by atoms with Gasteiger partial charge >= 0.3 is 5.97 Å². The Balaban J connectivity index is 2.09. The van der Waals surface area contributed by atoms with Crippen LogP contribution in [-0.2, 0) is 27.8 Å². The molecule has 5 heteroatoms. The molecule has 0 bridgehead atoms. The van der Waals surface area contributed by atoms with Gasteiger partial charge in [-0.1, -0.05) is 42.5 Å². The third kappa shape index (κ3) is 4.49. The molecule has 3 nitrogen and oxygen atoms in total. The highest BCUT2D eigenvalue weighted by molar-refractivity contribution is 7.85. The monoisotopic (exact) mass is 306 g/mol. The molecule has 0 aliphatic heterocycles. The zero-order chi connectivity index (χ0) is 15.2. The van der Waals surface area contributed by atoms with Crippen LogP contribution >= 0.6 is 0 Å². The molecule has 2 aromatic rings. The Labute approximate surface area is 124 Å². The molecule has 0 aliphatic carbocycles. The Hall–Kier alpha value is -2.01. The molecule has 2 unspecified atom stereocenters. The zero-order valence-electron chi connectivity index (χ0n) is 11.2. The molecule has 0 saturated heterocycles. The van der Waals surface area contributed by atoms with Crippen LogP contribution in [0.4, 0.5) is 4.39 Å². The molecular formula is C16H15FO3S. The van der Waals surface area contributed by atoms with Crippen LogP contribution in [0.15, 0.2) is 54.6 Å². The summed E-state index contributed by atoms with van der Waals surface area (Å²) in [6.45, 7) is 0. The van der Waals surface area contributed by atoms with Crippen LogP contribution in [0.3, 0.4) is 0 Å². The summed E-state index contributed by atoms with van der Waals surface area (Å²) in [4.78, 5) is 11.3. The molecular weight excluding hydrogens is 291 g/mol. The second kappa shape index (κ2) is 7.13. The maximum Gasteiger partial charge on any atom is 0.319 e. The first-order chi connectivity index (χ1) is 10.1. The smallest absolute Gasteiger partial charge is 0.319 e. The van der Waals surface area contributed by atoms with E-state index < -0.39 is 22.0 Å². The van der Waals surface area contributed by atoms with Gasteiger partial charge in [-0.15, -0.1) is 0 Å². The molecule has 1 N–H and O–H groups in total. The Bertz CT molecular complexity index is 626. The number of hydrogen-bond donors (Lipinski definition) is 1. The standard InChI is InChI=1S/C16H15FO3S/c17-14-8-6-13(7-9-14)11-21(20)15(16(18)19)10-12-4-2-1-3-5-12/h1-9,15H,10-11H2,(H,18,19). The van der Waals surface area contributed by atoms with Crippen LogP contribution in [0.5, 0.6) is 0 Å². The van der Waals surface area contributed by atoms with Crippen molar-refractivity contribution in [1.82, 2.24) is 0 Å². The number of aliphatic carboxylic acids is 1. The van der Waals surface area contributed by atoms with Crippen molar-refractivity contribution < 1.29 is 18.5 Å². The molecule has 0 aliphatic rings. The third-order valence-corrected chi connectivity index (χ3v) is 4.70. The van der Waals surface area contributed by atoms with Gasteiger partial charge < -0.3 is 5.11 Å². The molecule has 0 fully saturated rings. The fourth-order valence-electron chi connectivity index (χ4n) is 1.97. The van der Waals surface area contributed by atoms with Crippen LogP contribution in [0, 0.1) is 5.82 Å². The number of halogens is 1. The van der Waals surface area contributed by atoms with E-state index in [0.29, 0.717) is 5.56 Å². The molecule has 0 heterocycles. The maximum atomic E-state index is 12.8. The molecule has 2 atom stereocenters. The van der Waals surface area contributed by atoms with E-state index in [1.807, 2.05) is 30.3 Å². The third-order valence-electron chi connectivity index (χ3n) is 3.08. The Morgan fingerprint density at radius 1 is 1.05 bits per heavy atom. The summed E-state index contributed by atoms with van der Waals surface area (Å²) in [5.74, 6) is -1.35. The quantitative estimate of drug-likeness (QED) is 0.893. The number of hydrogen-bond acceptors (Lipinski definition) is 2. The van der Waals surface area contributed by atoms with Gasteiger partial charge in [0.15, 0.2) is 0 Å². The largest absolute Gasteiger partial charge is 0.480 e. The summed E-state index contributed by atoms with van der Waals surface area (Å²) in [5.41, 5.74) is 1.49. The number of carbonyl (C=O) groups is 1. The van der Waals surface area contributed by atoms with Crippen LogP contribution < -0.4 is 0 Å². The minimum absolute atomic E-state index is 0.101. The average molecular weight is 306 g/mol. The Morgan fingerprint density at radius 3 is 2.24 bits per heavy atom. The highest BCUT2D eigenvalue weighted by Crippen LogP contribution is 2.13. The van der Waals surface area contributed by atoms with E-state index in [0.717, 1.165) is 5.56 Å². The minimum atomic E-state index is -1.57. The van der Waals surface area contributed by atoms with E-state index in [2.05, 4.69) is 0 Å². The molecule has 21 heavy (non-hydrogen) atoms. The van der Waals surface area contributed by atoms with E-state index in [1.165, 1.54) is 24.3 Å². The maximum absolute atomic E-state index is 12.8. The lowest BCUT2D eigenvalue weighted by Crippen LogP contribution is -2.29. The summed E-state index contributed by atoms with van der Waals surface area (Å²) in [6, 6.07) is 14.7. The van der Waals surface area contributed by atoms with Gasteiger partial charge in [0.25, 0.3) is 0 Å². The number of carboxylic acids is 1. The lowest BCUT2D eigenvalue weighted by atomic mass is 10.1. The van der Waals surface area contributed by atoms with Crippen molar-refractivity contribution in [3.8, 4) is 0 Å². The van der Waals surface area contributed by atoms with Crippen LogP contribution in [0.25, 0.3) is 0 Å². The first-order valence-corrected chi connectivity index (χ1v) is 7.83. The van der Waals surface area contributed by atoms with Gasteiger partial charge in [0.2, 0.25) is 0 Å². The van der Waals surface area contributed by atoms with Gasteiger partial charge in [0.05, 0.1) is 0 Å². The van der Waals surface area contributed by atoms with Crippen LogP contribution in [0.2, 0.25) is 0 Å². The van der Waals surface area contributed by atoms with Gasteiger partial charge in [-0.05, 0) is 29.7 Å². The van der Waals surface area contributed by atoms with Crippen molar-refractivity contribution in [3.63, 3.8) is 0 Å². The van der Waals surface area contributed by atoms with Crippen molar-refractivity contribution in [3.05, 3.63) is 71.5 Å². The van der Waals surface area contributed by atoms with Crippen molar-refractivity contribution in [2.24, 2.45) is 0 Å². The lowest BCUT2D eigenvalue weighted by molar-refractivity contribution is -0.136. The van der Waals surface area contributed by atoms with E-state index in [4.69, 9.17) is 0 Å². The Kier molecular flexibility index (Phi) is 5.22. The average Bonchev–Trinajstić information content (AvgIpc) is 2.48. The first-order valence-electron chi connectivity index (χ1n) is 6.44. The number of rotatable bonds is 6. The van der Waals surface area contributed by atoms with E-state index in [-0.39, 0.29) is 18.0 Å². The van der Waals surface area contributed by atoms with E-state index in [1.54, 1.807) is 0 Å². The summed E-state index contributed by atoms with van der Waals surface area (Å²) in [5, 5.41) is 8.30. The van der Waals surface area contributed by atoms with Crippen molar-refractivity contribution in [2.75, 3.05) is 0 Å². The zero-order valence-corrected chi connectivity index (χ0v) is 12.1. The molecule has 2 rings (SSSR count). The summed E-state index contributed by atoms with van der Waals surface area (Å²) in [6.07, 6.45) is 0.212. The normalized spacial score (nSPS) is 13.6. The fourth-order valence-corrected chi connectivity index (χ4v) is 3.29. The predicted molar refractivity (Wildman–Crippen MR) is 79.8 cm³/mol. The van der Waals surface area contributed by atoms with Crippen molar-refractivity contribution >= 4 is 16.8 Å². The molecule has 0 aromatic heterocycles. The predicted octanol–water partition coefficient (Wildman–Crippen LogP) is 2.77. The minimum Gasteiger partial charge on any atom is -0.480 e. The second-order valence-electron chi connectivity index (χ2n) is 4.67. The highest BCUT2D eigenvalue weighted by Gasteiger charge is 2.25. The van der Waals surface area contributed by atoms with Gasteiger partial charge in [-0.3, -0.25) is 9.00 Å². The summed E-state index contributed by atoms with van der Waals surface area (Å²) in [7, 11) is -1.57. The molecule has 2 aromatic carbocycles. The van der Waals surface area contributed by atoms with Gasteiger partial charge in [0.1, 0.15) is 11.1 Å². The van der Waals surface area contributed by atoms with Crippen molar-refractivity contribution in [1.29, 1.82) is 0 Å². The molecule has 0 saturated carbocycles. The SMILES string of the molecule is O=C(O)C(Cc1ccccc1)S(=O)Cc1ccc(F)cc1. The van der Waals surface area contributed by atoms with Gasteiger partial charge in [-0.2, -0.15) is 0 Å². The summed E-state index contributed by atoms with van der Waals surface area (Å²) < 4.78 is 25.1. The van der Waals surface area contributed by atoms with E-state index in [9.17, 15) is 18.5 Å². The first kappa shape index (κ1) is 15.4. The fraction of sp³-hybridized carbons (Fsp3) is 0.188. The Morgan fingerprint density at radius 2 is 1.67 bits per heavy atom. The second-order valence-corrected chi connectivity index (χ2v) is 6.29. The molecule has 0 spiro atoms. The summed E-state index contributed by atoms with van der Waals surface area (Å²) >= 11 is 0. The molecule has 0 amide bonds. The van der Waals surface area contributed by atoms with E-state index >= 15 is 0 Å². The van der Waals surface area contributed by atoms with Crippen LogP contribution in [-0.4, -0.2) is 20.5 Å². The van der Waals surface area contributed by atoms with Gasteiger partial charge in [-0.25, -0.2) is 4.39 Å². The number of benzene rings is 2. The van der Waals surface area contributed by atoms with Gasteiger partial charge in [0, 0.05) is 16.6 Å². The lowest BCUT2D eigenvalue weighted by Gasteiger charge is -2.12. The topological polar surface area (TPSA) is 54.4 Å². The molecule has 110 valence electrons. The molecule has 0 radical (unpaired) electrons. The number of carboxylic acid groups (broad SMARTS) is 1. The van der Waals surface area contributed by atoms with Crippen molar-refractivity contribution in [2.45, 2.75) is 17.4 Å². The van der Waals surface area contributed by atoms with Crippen LogP contribution in [0.1, 0.15) is 11.1 Å².